The Kier molecular flexibility index (Phi) is 7.00. The zero-order chi connectivity index (χ0) is 8.81. The maximum atomic E-state index is 11.4. The zero-order valence-electron chi connectivity index (χ0n) is 8.14. The van der Waals surface area contributed by atoms with E-state index in [1.807, 2.05) is 0 Å². The molecule has 0 radical (unpaired) electrons. The molecule has 1 fully saturated rings. The SMILES string of the molecule is CCCNC(=O)[C@@H]1CCCNC1.Cl. The van der Waals surface area contributed by atoms with E-state index in [1.165, 1.54) is 0 Å². The predicted molar refractivity (Wildman–Crippen MR) is 56.1 cm³/mol. The van der Waals surface area contributed by atoms with Gasteiger partial charge >= 0.3 is 0 Å². The molecule has 0 saturated carbocycles. The first-order valence-electron chi connectivity index (χ1n) is 4.83. The van der Waals surface area contributed by atoms with Gasteiger partial charge in [-0.3, -0.25) is 4.79 Å². The highest BCUT2D eigenvalue weighted by Crippen LogP contribution is 2.09. The number of hydrogen-bond donors (Lipinski definition) is 2. The van der Waals surface area contributed by atoms with Gasteiger partial charge in [0.15, 0.2) is 0 Å². The Hall–Kier alpha value is -0.280. The lowest BCUT2D eigenvalue weighted by Crippen LogP contribution is -2.40. The number of carbonyl (C=O) groups excluding carboxylic acids is 1. The lowest BCUT2D eigenvalue weighted by Gasteiger charge is -2.21. The first-order chi connectivity index (χ1) is 5.84. The molecule has 13 heavy (non-hydrogen) atoms. The molecule has 0 aromatic rings. The second-order valence-corrected chi connectivity index (χ2v) is 3.33. The maximum Gasteiger partial charge on any atom is 0.224 e. The van der Waals surface area contributed by atoms with Gasteiger partial charge in [-0.15, -0.1) is 12.4 Å². The van der Waals surface area contributed by atoms with Gasteiger partial charge in [0.05, 0.1) is 5.92 Å². The number of halogens is 1. The third-order valence-corrected chi connectivity index (χ3v) is 2.22. The highest BCUT2D eigenvalue weighted by Gasteiger charge is 2.19. The molecule has 1 aliphatic rings. The highest BCUT2D eigenvalue weighted by atomic mass is 35.5. The van der Waals surface area contributed by atoms with Crippen LogP contribution in [0.25, 0.3) is 0 Å². The number of nitrogens with one attached hydrogen (secondary N) is 2. The Balaban J connectivity index is 0.00000144. The molecular formula is C9H19ClN2O. The van der Waals surface area contributed by atoms with Gasteiger partial charge in [-0.05, 0) is 25.8 Å². The Labute approximate surface area is 86.1 Å². The predicted octanol–water partition coefficient (Wildman–Crippen LogP) is 0.934. The molecule has 0 aliphatic carbocycles. The fourth-order valence-corrected chi connectivity index (χ4v) is 1.47. The van der Waals surface area contributed by atoms with E-state index >= 15 is 0 Å². The fraction of sp³-hybridized carbons (Fsp3) is 0.889. The molecule has 0 spiro atoms. The molecule has 0 unspecified atom stereocenters. The summed E-state index contributed by atoms with van der Waals surface area (Å²) in [5, 5.41) is 6.15. The molecule has 1 aliphatic heterocycles. The van der Waals surface area contributed by atoms with Crippen LogP contribution in [-0.2, 0) is 4.79 Å². The van der Waals surface area contributed by atoms with Crippen LogP contribution < -0.4 is 10.6 Å². The van der Waals surface area contributed by atoms with Crippen molar-refractivity contribution in [1.29, 1.82) is 0 Å². The number of rotatable bonds is 3. The maximum absolute atomic E-state index is 11.4. The van der Waals surface area contributed by atoms with Crippen LogP contribution in [0.1, 0.15) is 26.2 Å². The summed E-state index contributed by atoms with van der Waals surface area (Å²) in [6.45, 7) is 4.81. The molecule has 1 atom stereocenters. The second-order valence-electron chi connectivity index (χ2n) is 3.33. The van der Waals surface area contributed by atoms with Crippen LogP contribution in [0.2, 0.25) is 0 Å². The summed E-state index contributed by atoms with van der Waals surface area (Å²) in [6, 6.07) is 0. The van der Waals surface area contributed by atoms with Crippen molar-refractivity contribution >= 4 is 18.3 Å². The van der Waals surface area contributed by atoms with Crippen LogP contribution in [-0.4, -0.2) is 25.5 Å². The Morgan fingerprint density at radius 2 is 2.38 bits per heavy atom. The van der Waals surface area contributed by atoms with Gasteiger partial charge in [0.25, 0.3) is 0 Å². The molecule has 1 saturated heterocycles. The molecular weight excluding hydrogens is 188 g/mol. The van der Waals surface area contributed by atoms with E-state index in [4.69, 9.17) is 0 Å². The van der Waals surface area contributed by atoms with Crippen molar-refractivity contribution in [2.24, 2.45) is 5.92 Å². The standard InChI is InChI=1S/C9H18N2O.ClH/c1-2-5-11-9(12)8-4-3-6-10-7-8;/h8,10H,2-7H2,1H3,(H,11,12);1H/t8-;/m1./s1. The number of hydrogen-bond acceptors (Lipinski definition) is 2. The first kappa shape index (κ1) is 12.7. The van der Waals surface area contributed by atoms with E-state index < -0.39 is 0 Å². The minimum absolute atomic E-state index is 0. The van der Waals surface area contributed by atoms with Gasteiger partial charge < -0.3 is 10.6 Å². The lowest BCUT2D eigenvalue weighted by atomic mass is 9.99. The van der Waals surface area contributed by atoms with Crippen LogP contribution in [0.15, 0.2) is 0 Å². The number of carbonyl (C=O) groups is 1. The van der Waals surface area contributed by atoms with Crippen molar-refractivity contribution in [3.63, 3.8) is 0 Å². The van der Waals surface area contributed by atoms with Gasteiger partial charge in [-0.2, -0.15) is 0 Å². The molecule has 78 valence electrons. The van der Waals surface area contributed by atoms with Gasteiger partial charge in [-0.1, -0.05) is 6.92 Å². The first-order valence-corrected chi connectivity index (χ1v) is 4.83. The van der Waals surface area contributed by atoms with Crippen molar-refractivity contribution in [3.05, 3.63) is 0 Å². The van der Waals surface area contributed by atoms with Crippen LogP contribution in [0.4, 0.5) is 0 Å². The molecule has 0 aromatic carbocycles. The lowest BCUT2D eigenvalue weighted by molar-refractivity contribution is -0.125. The summed E-state index contributed by atoms with van der Waals surface area (Å²) in [4.78, 5) is 11.4. The number of amides is 1. The summed E-state index contributed by atoms with van der Waals surface area (Å²) < 4.78 is 0. The minimum Gasteiger partial charge on any atom is -0.356 e. The highest BCUT2D eigenvalue weighted by molar-refractivity contribution is 5.85. The molecule has 0 aromatic heterocycles. The Morgan fingerprint density at radius 1 is 1.62 bits per heavy atom. The van der Waals surface area contributed by atoms with Crippen LogP contribution in [0.5, 0.6) is 0 Å². The van der Waals surface area contributed by atoms with Crippen molar-refractivity contribution < 1.29 is 4.79 Å². The smallest absolute Gasteiger partial charge is 0.224 e. The molecule has 1 heterocycles. The van der Waals surface area contributed by atoms with Gasteiger partial charge in [0.2, 0.25) is 5.91 Å². The average molecular weight is 207 g/mol. The summed E-state index contributed by atoms with van der Waals surface area (Å²) in [5.41, 5.74) is 0. The molecule has 1 rings (SSSR count). The fourth-order valence-electron chi connectivity index (χ4n) is 1.47. The summed E-state index contributed by atoms with van der Waals surface area (Å²) in [7, 11) is 0. The zero-order valence-corrected chi connectivity index (χ0v) is 8.95. The molecule has 0 bridgehead atoms. The topological polar surface area (TPSA) is 41.1 Å². The quantitative estimate of drug-likeness (QED) is 0.722. The number of piperidine rings is 1. The molecule has 4 heteroatoms. The molecule has 2 N–H and O–H groups in total. The Bertz CT molecular complexity index is 147. The monoisotopic (exact) mass is 206 g/mol. The second kappa shape index (κ2) is 7.15. The van der Waals surface area contributed by atoms with E-state index in [-0.39, 0.29) is 24.2 Å². The third-order valence-electron chi connectivity index (χ3n) is 2.22. The third kappa shape index (κ3) is 4.48. The van der Waals surface area contributed by atoms with Crippen molar-refractivity contribution in [2.45, 2.75) is 26.2 Å². The largest absolute Gasteiger partial charge is 0.356 e. The average Bonchev–Trinajstić information content (AvgIpc) is 2.15. The van der Waals surface area contributed by atoms with Crippen molar-refractivity contribution in [2.75, 3.05) is 19.6 Å². The van der Waals surface area contributed by atoms with E-state index in [9.17, 15) is 4.79 Å². The van der Waals surface area contributed by atoms with Crippen LogP contribution >= 0.6 is 12.4 Å². The van der Waals surface area contributed by atoms with E-state index in [1.54, 1.807) is 0 Å². The molecule has 3 nitrogen and oxygen atoms in total. The van der Waals surface area contributed by atoms with Gasteiger partial charge in [0.1, 0.15) is 0 Å². The van der Waals surface area contributed by atoms with E-state index in [2.05, 4.69) is 17.6 Å². The summed E-state index contributed by atoms with van der Waals surface area (Å²) in [6.07, 6.45) is 3.19. The molecule has 1 amide bonds. The van der Waals surface area contributed by atoms with Gasteiger partial charge in [-0.25, -0.2) is 0 Å². The van der Waals surface area contributed by atoms with Crippen LogP contribution in [0, 0.1) is 5.92 Å². The van der Waals surface area contributed by atoms with E-state index in [0.29, 0.717) is 0 Å². The van der Waals surface area contributed by atoms with Gasteiger partial charge in [0, 0.05) is 13.1 Å². The Morgan fingerprint density at radius 3 is 2.92 bits per heavy atom. The van der Waals surface area contributed by atoms with Crippen LogP contribution in [0.3, 0.4) is 0 Å². The van der Waals surface area contributed by atoms with Crippen molar-refractivity contribution in [3.8, 4) is 0 Å². The summed E-state index contributed by atoms with van der Waals surface area (Å²) >= 11 is 0. The minimum atomic E-state index is 0. The normalized spacial score (nSPS) is 21.8. The van der Waals surface area contributed by atoms with E-state index in [0.717, 1.165) is 38.9 Å². The van der Waals surface area contributed by atoms with Crippen molar-refractivity contribution in [1.82, 2.24) is 10.6 Å². The summed E-state index contributed by atoms with van der Waals surface area (Å²) in [5.74, 6) is 0.439.